The number of nitriles is 1. The SMILES string of the molecule is CC(C)CN1CCN(CCC2CCCC2(N)C#N)CC1. The van der Waals surface area contributed by atoms with E-state index < -0.39 is 5.54 Å². The molecule has 1 heterocycles. The lowest BCUT2D eigenvalue weighted by Crippen LogP contribution is -2.49. The van der Waals surface area contributed by atoms with Crippen molar-refractivity contribution in [1.82, 2.24) is 9.80 Å². The van der Waals surface area contributed by atoms with Gasteiger partial charge in [-0.05, 0) is 37.6 Å². The van der Waals surface area contributed by atoms with Crippen LogP contribution in [0.2, 0.25) is 0 Å². The van der Waals surface area contributed by atoms with Gasteiger partial charge in [0, 0.05) is 32.7 Å². The number of rotatable bonds is 5. The summed E-state index contributed by atoms with van der Waals surface area (Å²) in [6, 6.07) is 2.36. The van der Waals surface area contributed by atoms with Gasteiger partial charge in [-0.15, -0.1) is 0 Å². The summed E-state index contributed by atoms with van der Waals surface area (Å²) in [6.45, 7) is 11.6. The molecule has 4 nitrogen and oxygen atoms in total. The van der Waals surface area contributed by atoms with Crippen LogP contribution in [0.5, 0.6) is 0 Å². The molecule has 0 amide bonds. The third-order valence-corrected chi connectivity index (χ3v) is 4.96. The molecule has 2 atom stereocenters. The van der Waals surface area contributed by atoms with Crippen LogP contribution in [0.25, 0.3) is 0 Å². The molecule has 0 spiro atoms. The van der Waals surface area contributed by atoms with E-state index in [1.807, 2.05) is 0 Å². The van der Waals surface area contributed by atoms with Crippen LogP contribution < -0.4 is 5.73 Å². The highest BCUT2D eigenvalue weighted by Gasteiger charge is 2.39. The predicted octanol–water partition coefficient (Wildman–Crippen LogP) is 1.67. The largest absolute Gasteiger partial charge is 0.313 e. The van der Waals surface area contributed by atoms with Crippen LogP contribution in [0, 0.1) is 23.2 Å². The standard InChI is InChI=1S/C16H30N4/c1-14(2)12-20-10-8-19(9-11-20)7-5-15-4-3-6-16(15,18)13-17/h14-15H,3-12,18H2,1-2H3. The number of piperazine rings is 1. The van der Waals surface area contributed by atoms with E-state index in [-0.39, 0.29) is 0 Å². The molecule has 2 rings (SSSR count). The minimum absolute atomic E-state index is 0.404. The monoisotopic (exact) mass is 278 g/mol. The summed E-state index contributed by atoms with van der Waals surface area (Å²) < 4.78 is 0. The highest BCUT2D eigenvalue weighted by atomic mass is 15.3. The summed E-state index contributed by atoms with van der Waals surface area (Å²) in [5.74, 6) is 1.16. The molecule has 1 saturated heterocycles. The van der Waals surface area contributed by atoms with Crippen molar-refractivity contribution in [3.63, 3.8) is 0 Å². The number of hydrogen-bond acceptors (Lipinski definition) is 4. The zero-order chi connectivity index (χ0) is 14.6. The zero-order valence-corrected chi connectivity index (χ0v) is 13.1. The molecular formula is C16H30N4. The minimum Gasteiger partial charge on any atom is -0.313 e. The van der Waals surface area contributed by atoms with Gasteiger partial charge in [-0.25, -0.2) is 0 Å². The molecule has 1 saturated carbocycles. The second kappa shape index (κ2) is 6.89. The fourth-order valence-corrected chi connectivity index (χ4v) is 3.70. The molecular weight excluding hydrogens is 248 g/mol. The molecule has 0 aromatic carbocycles. The molecule has 4 heteroatoms. The summed E-state index contributed by atoms with van der Waals surface area (Å²) in [4.78, 5) is 5.12. The lowest BCUT2D eigenvalue weighted by Gasteiger charge is -2.36. The van der Waals surface area contributed by atoms with Crippen LogP contribution in [-0.4, -0.2) is 54.6 Å². The Morgan fingerprint density at radius 3 is 2.50 bits per heavy atom. The van der Waals surface area contributed by atoms with E-state index in [1.165, 1.54) is 32.7 Å². The van der Waals surface area contributed by atoms with E-state index >= 15 is 0 Å². The van der Waals surface area contributed by atoms with Crippen LogP contribution in [0.3, 0.4) is 0 Å². The summed E-state index contributed by atoms with van der Waals surface area (Å²) in [6.07, 6.45) is 4.23. The Kier molecular flexibility index (Phi) is 5.42. The van der Waals surface area contributed by atoms with Crippen LogP contribution in [-0.2, 0) is 0 Å². The molecule has 1 aliphatic carbocycles. The Hall–Kier alpha value is -0.630. The Bertz CT molecular complexity index is 341. The van der Waals surface area contributed by atoms with Gasteiger partial charge >= 0.3 is 0 Å². The smallest absolute Gasteiger partial charge is 0.107 e. The van der Waals surface area contributed by atoms with Crippen LogP contribution in [0.1, 0.15) is 39.5 Å². The maximum Gasteiger partial charge on any atom is 0.107 e. The average Bonchev–Trinajstić information content (AvgIpc) is 2.79. The first-order valence-electron chi connectivity index (χ1n) is 8.18. The van der Waals surface area contributed by atoms with Crippen molar-refractivity contribution in [2.75, 3.05) is 39.3 Å². The van der Waals surface area contributed by atoms with Crippen molar-refractivity contribution in [3.8, 4) is 6.07 Å². The number of nitrogens with zero attached hydrogens (tertiary/aromatic N) is 3. The van der Waals surface area contributed by atoms with Crippen molar-refractivity contribution in [3.05, 3.63) is 0 Å². The highest BCUT2D eigenvalue weighted by molar-refractivity contribution is 5.11. The molecule has 2 aliphatic rings. The minimum atomic E-state index is -0.542. The first kappa shape index (κ1) is 15.8. The zero-order valence-electron chi connectivity index (χ0n) is 13.1. The third kappa shape index (κ3) is 3.94. The van der Waals surface area contributed by atoms with Crippen molar-refractivity contribution < 1.29 is 0 Å². The fraction of sp³-hybridized carbons (Fsp3) is 0.938. The second-order valence-electron chi connectivity index (χ2n) is 7.07. The van der Waals surface area contributed by atoms with Crippen LogP contribution >= 0.6 is 0 Å². The van der Waals surface area contributed by atoms with E-state index in [0.29, 0.717) is 5.92 Å². The van der Waals surface area contributed by atoms with Crippen molar-refractivity contribution >= 4 is 0 Å². The second-order valence-corrected chi connectivity index (χ2v) is 7.07. The number of nitrogens with two attached hydrogens (primary N) is 1. The maximum atomic E-state index is 9.26. The van der Waals surface area contributed by atoms with Crippen LogP contribution in [0.4, 0.5) is 0 Å². The molecule has 2 fully saturated rings. The molecule has 20 heavy (non-hydrogen) atoms. The molecule has 2 N–H and O–H groups in total. The Balaban J connectivity index is 1.70. The van der Waals surface area contributed by atoms with Gasteiger partial charge in [0.15, 0.2) is 0 Å². The van der Waals surface area contributed by atoms with Crippen molar-refractivity contribution in [2.45, 2.75) is 45.1 Å². The number of hydrogen-bond donors (Lipinski definition) is 1. The average molecular weight is 278 g/mol. The predicted molar refractivity (Wildman–Crippen MR) is 82.2 cm³/mol. The molecule has 114 valence electrons. The van der Waals surface area contributed by atoms with E-state index in [4.69, 9.17) is 5.73 Å². The molecule has 1 aliphatic heterocycles. The summed E-state index contributed by atoms with van der Waals surface area (Å²) in [5, 5.41) is 9.26. The van der Waals surface area contributed by atoms with Gasteiger partial charge in [-0.1, -0.05) is 20.3 Å². The van der Waals surface area contributed by atoms with Gasteiger partial charge in [-0.3, -0.25) is 0 Å². The van der Waals surface area contributed by atoms with Crippen molar-refractivity contribution in [1.29, 1.82) is 5.26 Å². The third-order valence-electron chi connectivity index (χ3n) is 4.96. The van der Waals surface area contributed by atoms with E-state index in [9.17, 15) is 5.26 Å². The summed E-state index contributed by atoms with van der Waals surface area (Å²) in [7, 11) is 0. The lowest BCUT2D eigenvalue weighted by atomic mass is 9.87. The van der Waals surface area contributed by atoms with Gasteiger partial charge in [0.05, 0.1) is 6.07 Å². The highest BCUT2D eigenvalue weighted by Crippen LogP contribution is 2.35. The van der Waals surface area contributed by atoms with E-state index in [2.05, 4.69) is 29.7 Å². The van der Waals surface area contributed by atoms with Gasteiger partial charge in [0.2, 0.25) is 0 Å². The first-order valence-corrected chi connectivity index (χ1v) is 8.18. The van der Waals surface area contributed by atoms with Gasteiger partial charge in [-0.2, -0.15) is 5.26 Å². The Labute approximate surface area is 123 Å². The quantitative estimate of drug-likeness (QED) is 0.831. The summed E-state index contributed by atoms with van der Waals surface area (Å²) >= 11 is 0. The molecule has 0 radical (unpaired) electrons. The van der Waals surface area contributed by atoms with Crippen LogP contribution in [0.15, 0.2) is 0 Å². The van der Waals surface area contributed by atoms with Crippen molar-refractivity contribution in [2.24, 2.45) is 17.6 Å². The molecule has 0 aromatic heterocycles. The van der Waals surface area contributed by atoms with Gasteiger partial charge < -0.3 is 15.5 Å². The molecule has 0 aromatic rings. The van der Waals surface area contributed by atoms with E-state index in [0.717, 1.165) is 38.1 Å². The topological polar surface area (TPSA) is 56.3 Å². The normalized spacial score (nSPS) is 32.6. The first-order chi connectivity index (χ1) is 9.53. The fourth-order valence-electron chi connectivity index (χ4n) is 3.70. The Morgan fingerprint density at radius 2 is 1.90 bits per heavy atom. The van der Waals surface area contributed by atoms with Gasteiger partial charge in [0.25, 0.3) is 0 Å². The van der Waals surface area contributed by atoms with E-state index in [1.54, 1.807) is 0 Å². The van der Waals surface area contributed by atoms with Gasteiger partial charge in [0.1, 0.15) is 5.54 Å². The Morgan fingerprint density at radius 1 is 1.25 bits per heavy atom. The lowest BCUT2D eigenvalue weighted by molar-refractivity contribution is 0.115. The maximum absolute atomic E-state index is 9.26. The summed E-state index contributed by atoms with van der Waals surface area (Å²) in [5.41, 5.74) is 5.67. The molecule has 0 bridgehead atoms. The molecule has 2 unspecified atom stereocenters.